The molecule has 0 aromatic heterocycles. The number of ether oxygens (including phenoxy) is 1. The third-order valence-electron chi connectivity index (χ3n) is 3.12. The Morgan fingerprint density at radius 1 is 1.25 bits per heavy atom. The standard InChI is InChI=1S/C17H17NO2/c1-4-13-6-5-7-15(10-13)18-12(2)14-8-9-16(19)17(11-14)20-3/h1,5-12,18-19H,2-3H3. The van der Waals surface area contributed by atoms with Gasteiger partial charge < -0.3 is 15.2 Å². The van der Waals surface area contributed by atoms with Crippen LogP contribution in [0.2, 0.25) is 0 Å². The average Bonchev–Trinajstić information content (AvgIpc) is 2.47. The lowest BCUT2D eigenvalue weighted by molar-refractivity contribution is 0.373. The van der Waals surface area contributed by atoms with Crippen LogP contribution in [-0.2, 0) is 0 Å². The fourth-order valence-electron chi connectivity index (χ4n) is 2.00. The first kappa shape index (κ1) is 13.8. The van der Waals surface area contributed by atoms with Crippen LogP contribution < -0.4 is 10.1 Å². The summed E-state index contributed by atoms with van der Waals surface area (Å²) in [5.41, 5.74) is 2.82. The van der Waals surface area contributed by atoms with Crippen molar-refractivity contribution in [1.29, 1.82) is 0 Å². The Morgan fingerprint density at radius 3 is 2.75 bits per heavy atom. The summed E-state index contributed by atoms with van der Waals surface area (Å²) in [6, 6.07) is 13.1. The number of rotatable bonds is 4. The van der Waals surface area contributed by atoms with E-state index in [-0.39, 0.29) is 11.8 Å². The molecular weight excluding hydrogens is 250 g/mol. The van der Waals surface area contributed by atoms with Crippen LogP contribution in [0, 0.1) is 12.3 Å². The second kappa shape index (κ2) is 6.03. The van der Waals surface area contributed by atoms with Crippen LogP contribution in [0.1, 0.15) is 24.1 Å². The largest absolute Gasteiger partial charge is 0.504 e. The number of hydrogen-bond acceptors (Lipinski definition) is 3. The molecule has 0 saturated heterocycles. The predicted molar refractivity (Wildman–Crippen MR) is 81.1 cm³/mol. The quantitative estimate of drug-likeness (QED) is 0.832. The summed E-state index contributed by atoms with van der Waals surface area (Å²) in [5.74, 6) is 3.22. The normalized spacial score (nSPS) is 11.4. The predicted octanol–water partition coefficient (Wildman–Crippen LogP) is 3.56. The van der Waals surface area contributed by atoms with E-state index in [1.807, 2.05) is 43.3 Å². The van der Waals surface area contributed by atoms with Gasteiger partial charge in [0.15, 0.2) is 11.5 Å². The molecule has 0 aliphatic carbocycles. The van der Waals surface area contributed by atoms with Crippen LogP contribution in [0.25, 0.3) is 0 Å². The van der Waals surface area contributed by atoms with Gasteiger partial charge in [0.05, 0.1) is 7.11 Å². The zero-order chi connectivity index (χ0) is 14.5. The maximum atomic E-state index is 9.61. The minimum atomic E-state index is 0.0672. The lowest BCUT2D eigenvalue weighted by Gasteiger charge is -2.17. The Labute approximate surface area is 119 Å². The number of anilines is 1. The van der Waals surface area contributed by atoms with Gasteiger partial charge in [0.2, 0.25) is 0 Å². The number of nitrogens with one attached hydrogen (secondary N) is 1. The Balaban J connectivity index is 2.19. The molecule has 0 saturated carbocycles. The number of methoxy groups -OCH3 is 1. The minimum absolute atomic E-state index is 0.0672. The molecule has 0 aliphatic rings. The van der Waals surface area contributed by atoms with Crippen molar-refractivity contribution in [2.45, 2.75) is 13.0 Å². The molecule has 2 rings (SSSR count). The molecule has 0 heterocycles. The fourth-order valence-corrected chi connectivity index (χ4v) is 2.00. The molecule has 20 heavy (non-hydrogen) atoms. The monoisotopic (exact) mass is 267 g/mol. The first-order valence-corrected chi connectivity index (χ1v) is 6.34. The molecule has 102 valence electrons. The second-order valence-corrected chi connectivity index (χ2v) is 4.52. The summed E-state index contributed by atoms with van der Waals surface area (Å²) in [5, 5.41) is 13.0. The van der Waals surface area contributed by atoms with Gasteiger partial charge in [-0.25, -0.2) is 0 Å². The van der Waals surface area contributed by atoms with E-state index in [0.29, 0.717) is 5.75 Å². The van der Waals surface area contributed by atoms with Gasteiger partial charge in [-0.2, -0.15) is 0 Å². The maximum Gasteiger partial charge on any atom is 0.160 e. The first-order chi connectivity index (χ1) is 9.63. The summed E-state index contributed by atoms with van der Waals surface area (Å²) in [6.45, 7) is 2.04. The lowest BCUT2D eigenvalue weighted by Crippen LogP contribution is -2.06. The van der Waals surface area contributed by atoms with Crippen LogP contribution in [0.4, 0.5) is 5.69 Å². The smallest absolute Gasteiger partial charge is 0.160 e. The Bertz CT molecular complexity index is 644. The van der Waals surface area contributed by atoms with E-state index in [1.165, 1.54) is 7.11 Å². The highest BCUT2D eigenvalue weighted by Crippen LogP contribution is 2.30. The highest BCUT2D eigenvalue weighted by molar-refractivity contribution is 5.52. The van der Waals surface area contributed by atoms with E-state index < -0.39 is 0 Å². The molecule has 0 aliphatic heterocycles. The second-order valence-electron chi connectivity index (χ2n) is 4.52. The highest BCUT2D eigenvalue weighted by Gasteiger charge is 2.09. The van der Waals surface area contributed by atoms with Crippen molar-refractivity contribution in [3.05, 3.63) is 53.6 Å². The number of aromatic hydroxyl groups is 1. The molecule has 1 unspecified atom stereocenters. The van der Waals surface area contributed by atoms with Gasteiger partial charge in [-0.15, -0.1) is 6.42 Å². The summed E-state index contributed by atoms with van der Waals surface area (Å²) in [4.78, 5) is 0. The average molecular weight is 267 g/mol. The van der Waals surface area contributed by atoms with E-state index in [1.54, 1.807) is 6.07 Å². The van der Waals surface area contributed by atoms with Gasteiger partial charge in [0, 0.05) is 17.3 Å². The van der Waals surface area contributed by atoms with E-state index >= 15 is 0 Å². The summed E-state index contributed by atoms with van der Waals surface area (Å²) >= 11 is 0. The van der Waals surface area contributed by atoms with Crippen molar-refractivity contribution in [3.8, 4) is 23.8 Å². The molecule has 2 N–H and O–H groups in total. The molecule has 2 aromatic carbocycles. The third kappa shape index (κ3) is 3.04. The SMILES string of the molecule is C#Cc1cccc(NC(C)c2ccc(O)c(OC)c2)c1. The molecule has 0 bridgehead atoms. The van der Waals surface area contributed by atoms with Crippen molar-refractivity contribution >= 4 is 5.69 Å². The molecule has 0 radical (unpaired) electrons. The summed E-state index contributed by atoms with van der Waals surface area (Å²) in [6.07, 6.45) is 5.39. The Hall–Kier alpha value is -2.60. The van der Waals surface area contributed by atoms with Crippen molar-refractivity contribution < 1.29 is 9.84 Å². The molecule has 0 fully saturated rings. The molecule has 0 spiro atoms. The van der Waals surface area contributed by atoms with E-state index in [2.05, 4.69) is 11.2 Å². The van der Waals surface area contributed by atoms with Crippen LogP contribution >= 0.6 is 0 Å². The number of benzene rings is 2. The highest BCUT2D eigenvalue weighted by atomic mass is 16.5. The zero-order valence-corrected chi connectivity index (χ0v) is 11.6. The number of phenols is 1. The van der Waals surface area contributed by atoms with Crippen molar-refractivity contribution in [1.82, 2.24) is 0 Å². The fraction of sp³-hybridized carbons (Fsp3) is 0.176. The van der Waals surface area contributed by atoms with E-state index in [0.717, 1.165) is 16.8 Å². The molecule has 3 heteroatoms. The lowest BCUT2D eigenvalue weighted by atomic mass is 10.1. The van der Waals surface area contributed by atoms with Crippen LogP contribution in [-0.4, -0.2) is 12.2 Å². The van der Waals surface area contributed by atoms with Gasteiger partial charge in [-0.1, -0.05) is 18.1 Å². The van der Waals surface area contributed by atoms with Crippen molar-refractivity contribution in [2.75, 3.05) is 12.4 Å². The topological polar surface area (TPSA) is 41.5 Å². The van der Waals surface area contributed by atoms with E-state index in [4.69, 9.17) is 11.2 Å². The van der Waals surface area contributed by atoms with Gasteiger partial charge >= 0.3 is 0 Å². The van der Waals surface area contributed by atoms with Gasteiger partial charge in [0.1, 0.15) is 0 Å². The number of phenolic OH excluding ortho intramolecular Hbond substituents is 1. The van der Waals surface area contributed by atoms with Crippen LogP contribution in [0.3, 0.4) is 0 Å². The Kier molecular flexibility index (Phi) is 4.17. The maximum absolute atomic E-state index is 9.61. The summed E-state index contributed by atoms with van der Waals surface area (Å²) in [7, 11) is 1.54. The third-order valence-corrected chi connectivity index (χ3v) is 3.12. The minimum Gasteiger partial charge on any atom is -0.504 e. The molecule has 2 aromatic rings. The first-order valence-electron chi connectivity index (χ1n) is 6.34. The van der Waals surface area contributed by atoms with Crippen molar-refractivity contribution in [2.24, 2.45) is 0 Å². The van der Waals surface area contributed by atoms with Crippen LogP contribution in [0.15, 0.2) is 42.5 Å². The number of hydrogen-bond donors (Lipinski definition) is 2. The van der Waals surface area contributed by atoms with Gasteiger partial charge in [0.25, 0.3) is 0 Å². The van der Waals surface area contributed by atoms with Gasteiger partial charge in [-0.3, -0.25) is 0 Å². The van der Waals surface area contributed by atoms with E-state index in [9.17, 15) is 5.11 Å². The van der Waals surface area contributed by atoms with Crippen molar-refractivity contribution in [3.63, 3.8) is 0 Å². The zero-order valence-electron chi connectivity index (χ0n) is 11.6. The molecule has 3 nitrogen and oxygen atoms in total. The summed E-state index contributed by atoms with van der Waals surface area (Å²) < 4.78 is 5.12. The molecular formula is C17H17NO2. The molecule has 0 amide bonds. The number of terminal acetylenes is 1. The Morgan fingerprint density at radius 2 is 2.05 bits per heavy atom. The van der Waals surface area contributed by atoms with Gasteiger partial charge in [-0.05, 0) is 42.8 Å². The van der Waals surface area contributed by atoms with Crippen LogP contribution in [0.5, 0.6) is 11.5 Å². The molecule has 1 atom stereocenters.